The smallest absolute Gasteiger partial charge is 0.166 e. The van der Waals surface area contributed by atoms with Crippen molar-refractivity contribution in [1.82, 2.24) is 0 Å². The van der Waals surface area contributed by atoms with Crippen LogP contribution in [0.2, 0.25) is 0 Å². The van der Waals surface area contributed by atoms with E-state index >= 15 is 0 Å². The van der Waals surface area contributed by atoms with Gasteiger partial charge in [-0.2, -0.15) is 0 Å². The van der Waals surface area contributed by atoms with Gasteiger partial charge in [0.15, 0.2) is 5.78 Å². The Labute approximate surface area is 199 Å². The van der Waals surface area contributed by atoms with Gasteiger partial charge in [0.05, 0.1) is 0 Å². The summed E-state index contributed by atoms with van der Waals surface area (Å²) in [6, 6.07) is 19.4. The van der Waals surface area contributed by atoms with Gasteiger partial charge in [0.2, 0.25) is 0 Å². The zero-order chi connectivity index (χ0) is 25.1. The summed E-state index contributed by atoms with van der Waals surface area (Å²) in [4.78, 5) is 22.3. The maximum Gasteiger partial charge on any atom is 0.166 e. The maximum atomic E-state index is 12.4. The van der Waals surface area contributed by atoms with Gasteiger partial charge in [-0.05, 0) is 59.7 Å². The molecule has 0 bridgehead atoms. The van der Waals surface area contributed by atoms with E-state index in [0.29, 0.717) is 23.6 Å². The Balaban J connectivity index is 0.000000266. The molecule has 3 aromatic carbocycles. The first-order chi connectivity index (χ1) is 16.4. The Morgan fingerprint density at radius 3 is 1.88 bits per heavy atom. The van der Waals surface area contributed by atoms with Gasteiger partial charge >= 0.3 is 0 Å². The molecule has 1 fully saturated rings. The molecule has 3 aromatic rings. The van der Waals surface area contributed by atoms with Crippen LogP contribution in [0, 0.1) is 23.5 Å². The number of halogens is 2. The Kier molecular flexibility index (Phi) is 10.6. The van der Waals surface area contributed by atoms with Crippen LogP contribution in [-0.2, 0) is 11.2 Å². The molecule has 0 saturated heterocycles. The van der Waals surface area contributed by atoms with E-state index in [9.17, 15) is 18.4 Å². The molecule has 4 rings (SSSR count). The molecule has 0 heterocycles. The second kappa shape index (κ2) is 13.4. The molecule has 0 aliphatic heterocycles. The summed E-state index contributed by atoms with van der Waals surface area (Å²) >= 11 is 0. The Morgan fingerprint density at radius 2 is 1.47 bits per heavy atom. The normalized spacial score (nSPS) is 16.1. The fourth-order valence-electron chi connectivity index (χ4n) is 3.75. The highest BCUT2D eigenvalue weighted by Crippen LogP contribution is 2.36. The number of ketones is 1. The average molecular weight is 468 g/mol. The monoisotopic (exact) mass is 467 g/mol. The minimum Gasteiger partial charge on any atom is -0.400 e. The molecule has 0 aromatic heterocycles. The van der Waals surface area contributed by atoms with E-state index < -0.39 is 11.6 Å². The number of carbonyl (C=O) groups is 2. The van der Waals surface area contributed by atoms with E-state index in [2.05, 4.69) is 36.5 Å². The van der Waals surface area contributed by atoms with Crippen LogP contribution in [0.3, 0.4) is 0 Å². The third-order valence-electron chi connectivity index (χ3n) is 5.87. The number of aldehydes is 1. The molecule has 0 spiro atoms. The first kappa shape index (κ1) is 26.9. The standard InChI is InChI=1S/C19H21NO.C8H6F2O.CH4O/c1-13-3-12-18(13)19(21)16-6-4-14(5-7-16)15-8-10-17(20-2)11-9-15;9-7-3-6(1-2-11)4-8(10)5-7;1-2/h4-11,13,18,20H,3,12H2,1-2H3;2-5H,1H2;2H,1H3/t13-,18?;;/m1../s1. The number of hydrogen-bond donors (Lipinski definition) is 2. The van der Waals surface area contributed by atoms with Gasteiger partial charge in [-0.25, -0.2) is 8.78 Å². The topological polar surface area (TPSA) is 66.4 Å². The van der Waals surface area contributed by atoms with Crippen LogP contribution in [0.5, 0.6) is 0 Å². The van der Waals surface area contributed by atoms with Crippen LogP contribution in [-0.4, -0.2) is 31.3 Å². The minimum atomic E-state index is -0.651. The van der Waals surface area contributed by atoms with Gasteiger partial charge in [0.1, 0.15) is 17.9 Å². The minimum absolute atomic E-state index is 0.0503. The van der Waals surface area contributed by atoms with E-state index in [1.54, 1.807) is 0 Å². The molecule has 4 nitrogen and oxygen atoms in total. The van der Waals surface area contributed by atoms with Crippen LogP contribution in [0.4, 0.5) is 14.5 Å². The molecule has 2 atom stereocenters. The maximum absolute atomic E-state index is 12.4. The quantitative estimate of drug-likeness (QED) is 0.348. The lowest BCUT2D eigenvalue weighted by molar-refractivity contribution is -0.107. The van der Waals surface area contributed by atoms with Crippen LogP contribution in [0.25, 0.3) is 11.1 Å². The van der Waals surface area contributed by atoms with E-state index in [0.717, 1.165) is 48.5 Å². The van der Waals surface area contributed by atoms with Gasteiger partial charge in [0.25, 0.3) is 0 Å². The fourth-order valence-corrected chi connectivity index (χ4v) is 3.75. The van der Waals surface area contributed by atoms with Crippen LogP contribution >= 0.6 is 0 Å². The highest BCUT2D eigenvalue weighted by molar-refractivity contribution is 5.98. The third kappa shape index (κ3) is 7.32. The van der Waals surface area contributed by atoms with Gasteiger partial charge in [-0.15, -0.1) is 0 Å². The largest absolute Gasteiger partial charge is 0.400 e. The summed E-state index contributed by atoms with van der Waals surface area (Å²) < 4.78 is 24.8. The lowest BCUT2D eigenvalue weighted by atomic mass is 9.71. The summed E-state index contributed by atoms with van der Waals surface area (Å²) in [5.41, 5.74) is 4.63. The first-order valence-corrected chi connectivity index (χ1v) is 11.2. The van der Waals surface area contributed by atoms with Crippen molar-refractivity contribution in [1.29, 1.82) is 0 Å². The Bertz CT molecular complexity index is 1050. The summed E-state index contributed by atoms with van der Waals surface area (Å²) in [7, 11) is 2.91. The van der Waals surface area contributed by atoms with Crippen molar-refractivity contribution < 1.29 is 23.5 Å². The highest BCUT2D eigenvalue weighted by Gasteiger charge is 2.33. The van der Waals surface area contributed by atoms with Gasteiger partial charge in [-0.1, -0.05) is 43.3 Å². The molecule has 1 saturated carbocycles. The van der Waals surface area contributed by atoms with Crippen LogP contribution in [0.15, 0.2) is 66.7 Å². The number of hydrogen-bond acceptors (Lipinski definition) is 4. The first-order valence-electron chi connectivity index (χ1n) is 11.2. The molecular formula is C28H31F2NO3. The lowest BCUT2D eigenvalue weighted by Gasteiger charge is -2.32. The van der Waals surface area contributed by atoms with Crippen LogP contribution < -0.4 is 5.32 Å². The van der Waals surface area contributed by atoms with E-state index in [1.807, 2.05) is 31.3 Å². The summed E-state index contributed by atoms with van der Waals surface area (Å²) in [5, 5.41) is 10.1. The van der Waals surface area contributed by atoms with Crippen molar-refractivity contribution in [3.8, 4) is 11.1 Å². The average Bonchev–Trinajstić information content (AvgIpc) is 2.84. The molecule has 34 heavy (non-hydrogen) atoms. The van der Waals surface area contributed by atoms with Gasteiger partial charge in [0, 0.05) is 43.8 Å². The Morgan fingerprint density at radius 1 is 0.941 bits per heavy atom. The predicted molar refractivity (Wildman–Crippen MR) is 132 cm³/mol. The number of Topliss-reactive ketones (excluding diaryl/α,β-unsaturated/α-hetero) is 1. The zero-order valence-corrected chi connectivity index (χ0v) is 19.7. The molecule has 2 N–H and O–H groups in total. The van der Waals surface area contributed by atoms with Crippen molar-refractivity contribution in [3.63, 3.8) is 0 Å². The van der Waals surface area contributed by atoms with Crippen molar-refractivity contribution in [3.05, 3.63) is 89.5 Å². The van der Waals surface area contributed by atoms with Crippen LogP contribution in [0.1, 0.15) is 35.7 Å². The number of anilines is 1. The van der Waals surface area contributed by atoms with E-state index in [1.165, 1.54) is 12.0 Å². The van der Waals surface area contributed by atoms with Crippen molar-refractivity contribution >= 4 is 17.8 Å². The van der Waals surface area contributed by atoms with Crippen molar-refractivity contribution in [2.24, 2.45) is 11.8 Å². The molecular weight excluding hydrogens is 436 g/mol. The SMILES string of the molecule is CNc1ccc(-c2ccc(C(=O)C3CC[C@H]3C)cc2)cc1.CO.O=CCc1cc(F)cc(F)c1. The number of benzene rings is 3. The molecule has 1 aliphatic rings. The number of rotatable bonds is 6. The van der Waals surface area contributed by atoms with E-state index in [-0.39, 0.29) is 12.3 Å². The predicted octanol–water partition coefficient (Wildman–Crippen LogP) is 5.94. The van der Waals surface area contributed by atoms with Crippen molar-refractivity contribution in [2.75, 3.05) is 19.5 Å². The number of carbonyl (C=O) groups excluding carboxylic acids is 2. The molecule has 0 amide bonds. The molecule has 1 unspecified atom stereocenters. The molecule has 180 valence electrons. The summed E-state index contributed by atoms with van der Waals surface area (Å²) in [5.74, 6) is -0.202. The highest BCUT2D eigenvalue weighted by atomic mass is 19.1. The third-order valence-corrected chi connectivity index (χ3v) is 5.87. The molecule has 0 radical (unpaired) electrons. The molecule has 1 aliphatic carbocycles. The summed E-state index contributed by atoms with van der Waals surface area (Å²) in [6.07, 6.45) is 2.89. The zero-order valence-electron chi connectivity index (χ0n) is 19.7. The Hall–Kier alpha value is -3.38. The number of aliphatic hydroxyl groups excluding tert-OH is 1. The number of aliphatic hydroxyl groups is 1. The van der Waals surface area contributed by atoms with Gasteiger partial charge < -0.3 is 15.2 Å². The molecule has 6 heteroatoms. The number of nitrogens with one attached hydrogen (secondary N) is 1. The fraction of sp³-hybridized carbons (Fsp3) is 0.286. The van der Waals surface area contributed by atoms with Crippen molar-refractivity contribution in [2.45, 2.75) is 26.2 Å². The van der Waals surface area contributed by atoms with Gasteiger partial charge in [-0.3, -0.25) is 4.79 Å². The van der Waals surface area contributed by atoms with E-state index in [4.69, 9.17) is 5.11 Å². The lowest BCUT2D eigenvalue weighted by Crippen LogP contribution is -2.30. The summed E-state index contributed by atoms with van der Waals surface area (Å²) in [6.45, 7) is 2.17. The second-order valence-corrected chi connectivity index (χ2v) is 8.08. The second-order valence-electron chi connectivity index (χ2n) is 8.08.